The maximum atomic E-state index is 5.66. The Labute approximate surface area is 146 Å². The molecule has 3 heterocycles. The molecule has 0 spiro atoms. The number of pyridine rings is 1. The van der Waals surface area contributed by atoms with E-state index < -0.39 is 0 Å². The Hall–Kier alpha value is -3.02. The van der Waals surface area contributed by atoms with Crippen molar-refractivity contribution in [3.05, 3.63) is 53.9 Å². The molecule has 0 saturated heterocycles. The molecule has 4 rings (SSSR count). The summed E-state index contributed by atoms with van der Waals surface area (Å²) in [6, 6.07) is 11.9. The van der Waals surface area contributed by atoms with Crippen LogP contribution in [-0.4, -0.2) is 28.0 Å². The lowest BCUT2D eigenvalue weighted by Crippen LogP contribution is -2.15. The maximum Gasteiger partial charge on any atom is 0.162 e. The molecule has 2 aromatic heterocycles. The number of hydrogen-bond acceptors (Lipinski definition) is 5. The standard InChI is InChI=1S/C19H20N4O2/c1-13-15(12-23(2)22-13)11-20-19-5-3-4-16(21-19)14-6-7-17-18(10-14)25-9-8-24-17/h3-7,10,12H,8-9,11H2,1-2H3,(H,20,21). The summed E-state index contributed by atoms with van der Waals surface area (Å²) < 4.78 is 13.1. The van der Waals surface area contributed by atoms with E-state index in [2.05, 4.69) is 10.4 Å². The van der Waals surface area contributed by atoms with Crippen molar-refractivity contribution in [2.45, 2.75) is 13.5 Å². The van der Waals surface area contributed by atoms with E-state index in [0.29, 0.717) is 19.8 Å². The molecule has 128 valence electrons. The first-order chi connectivity index (χ1) is 12.2. The minimum Gasteiger partial charge on any atom is -0.486 e. The number of aryl methyl sites for hydroxylation is 2. The van der Waals surface area contributed by atoms with Crippen LogP contribution in [0.3, 0.4) is 0 Å². The number of ether oxygens (including phenoxy) is 2. The van der Waals surface area contributed by atoms with Gasteiger partial charge in [-0.2, -0.15) is 5.10 Å². The van der Waals surface area contributed by atoms with Gasteiger partial charge >= 0.3 is 0 Å². The third kappa shape index (κ3) is 3.28. The van der Waals surface area contributed by atoms with E-state index >= 15 is 0 Å². The van der Waals surface area contributed by atoms with E-state index in [4.69, 9.17) is 14.5 Å². The van der Waals surface area contributed by atoms with Crippen molar-refractivity contribution in [3.63, 3.8) is 0 Å². The van der Waals surface area contributed by atoms with Gasteiger partial charge in [-0.15, -0.1) is 0 Å². The summed E-state index contributed by atoms with van der Waals surface area (Å²) in [5.74, 6) is 2.39. The van der Waals surface area contributed by atoms with Gasteiger partial charge in [-0.3, -0.25) is 4.68 Å². The molecule has 0 fully saturated rings. The van der Waals surface area contributed by atoms with E-state index in [1.165, 1.54) is 0 Å². The van der Waals surface area contributed by atoms with Gasteiger partial charge in [-0.05, 0) is 37.3 Å². The van der Waals surface area contributed by atoms with Crippen LogP contribution in [0.4, 0.5) is 5.82 Å². The van der Waals surface area contributed by atoms with Crippen LogP contribution in [0.25, 0.3) is 11.3 Å². The van der Waals surface area contributed by atoms with Crippen LogP contribution in [0, 0.1) is 6.92 Å². The largest absolute Gasteiger partial charge is 0.486 e. The molecule has 6 heteroatoms. The first-order valence-corrected chi connectivity index (χ1v) is 8.29. The van der Waals surface area contributed by atoms with Crippen LogP contribution in [0.5, 0.6) is 11.5 Å². The van der Waals surface area contributed by atoms with E-state index in [1.807, 2.05) is 61.2 Å². The van der Waals surface area contributed by atoms with Crippen LogP contribution in [0.15, 0.2) is 42.6 Å². The monoisotopic (exact) mass is 336 g/mol. The highest BCUT2D eigenvalue weighted by atomic mass is 16.6. The minimum absolute atomic E-state index is 0.579. The normalized spacial score (nSPS) is 12.9. The fourth-order valence-corrected chi connectivity index (χ4v) is 2.90. The molecule has 25 heavy (non-hydrogen) atoms. The van der Waals surface area contributed by atoms with E-state index in [0.717, 1.165) is 39.8 Å². The Morgan fingerprint density at radius 2 is 1.96 bits per heavy atom. The predicted molar refractivity (Wildman–Crippen MR) is 95.9 cm³/mol. The van der Waals surface area contributed by atoms with Gasteiger partial charge < -0.3 is 14.8 Å². The van der Waals surface area contributed by atoms with Crippen LogP contribution >= 0.6 is 0 Å². The molecule has 3 aromatic rings. The zero-order chi connectivity index (χ0) is 17.2. The molecular formula is C19H20N4O2. The molecule has 0 radical (unpaired) electrons. The summed E-state index contributed by atoms with van der Waals surface area (Å²) >= 11 is 0. The number of hydrogen-bond donors (Lipinski definition) is 1. The highest BCUT2D eigenvalue weighted by Gasteiger charge is 2.13. The van der Waals surface area contributed by atoms with Crippen molar-refractivity contribution in [3.8, 4) is 22.8 Å². The number of rotatable bonds is 4. The minimum atomic E-state index is 0.579. The number of fused-ring (bicyclic) bond motifs is 1. The third-order valence-electron chi connectivity index (χ3n) is 4.16. The van der Waals surface area contributed by atoms with Gasteiger partial charge in [0, 0.05) is 30.9 Å². The number of nitrogens with one attached hydrogen (secondary N) is 1. The Morgan fingerprint density at radius 3 is 2.76 bits per heavy atom. The zero-order valence-electron chi connectivity index (χ0n) is 14.3. The second-order valence-corrected chi connectivity index (χ2v) is 6.03. The van der Waals surface area contributed by atoms with Crippen molar-refractivity contribution >= 4 is 5.82 Å². The quantitative estimate of drug-likeness (QED) is 0.793. The summed E-state index contributed by atoms with van der Waals surface area (Å²) in [4.78, 5) is 4.71. The molecule has 6 nitrogen and oxygen atoms in total. The van der Waals surface area contributed by atoms with Gasteiger partial charge in [0.25, 0.3) is 0 Å². The molecular weight excluding hydrogens is 316 g/mol. The number of benzene rings is 1. The van der Waals surface area contributed by atoms with Gasteiger partial charge in [-0.1, -0.05) is 6.07 Å². The highest BCUT2D eigenvalue weighted by molar-refractivity contribution is 5.65. The van der Waals surface area contributed by atoms with Crippen molar-refractivity contribution in [1.29, 1.82) is 0 Å². The van der Waals surface area contributed by atoms with Crippen LogP contribution in [0.2, 0.25) is 0 Å². The third-order valence-corrected chi connectivity index (χ3v) is 4.16. The van der Waals surface area contributed by atoms with Crippen molar-refractivity contribution in [2.24, 2.45) is 7.05 Å². The first kappa shape index (κ1) is 15.5. The van der Waals surface area contributed by atoms with E-state index in [9.17, 15) is 0 Å². The molecule has 0 aliphatic carbocycles. The van der Waals surface area contributed by atoms with Gasteiger partial charge in [0.1, 0.15) is 19.0 Å². The predicted octanol–water partition coefficient (Wildman–Crippen LogP) is 3.17. The first-order valence-electron chi connectivity index (χ1n) is 8.29. The number of aromatic nitrogens is 3. The highest BCUT2D eigenvalue weighted by Crippen LogP contribution is 2.34. The lowest BCUT2D eigenvalue weighted by atomic mass is 10.1. The van der Waals surface area contributed by atoms with Crippen LogP contribution in [0.1, 0.15) is 11.3 Å². The Bertz CT molecular complexity index is 904. The number of anilines is 1. The van der Waals surface area contributed by atoms with Crippen LogP contribution < -0.4 is 14.8 Å². The second kappa shape index (κ2) is 6.47. The molecule has 1 aliphatic rings. The molecule has 0 unspecified atom stereocenters. The van der Waals surface area contributed by atoms with Gasteiger partial charge in [0.2, 0.25) is 0 Å². The maximum absolute atomic E-state index is 5.66. The summed E-state index contributed by atoms with van der Waals surface area (Å²) in [6.07, 6.45) is 2.02. The summed E-state index contributed by atoms with van der Waals surface area (Å²) in [5.41, 5.74) is 4.09. The Kier molecular flexibility index (Phi) is 4.01. The second-order valence-electron chi connectivity index (χ2n) is 6.03. The summed E-state index contributed by atoms with van der Waals surface area (Å²) in [7, 11) is 1.93. The fourth-order valence-electron chi connectivity index (χ4n) is 2.90. The lowest BCUT2D eigenvalue weighted by Gasteiger charge is -2.18. The molecule has 1 aromatic carbocycles. The SMILES string of the molecule is Cc1nn(C)cc1CNc1cccc(-c2ccc3c(c2)OCCO3)n1. The van der Waals surface area contributed by atoms with Gasteiger partial charge in [0.15, 0.2) is 11.5 Å². The fraction of sp³-hybridized carbons (Fsp3) is 0.263. The van der Waals surface area contributed by atoms with E-state index in [1.54, 1.807) is 0 Å². The topological polar surface area (TPSA) is 61.2 Å². The Balaban J connectivity index is 1.54. The van der Waals surface area contributed by atoms with Crippen molar-refractivity contribution in [2.75, 3.05) is 18.5 Å². The lowest BCUT2D eigenvalue weighted by molar-refractivity contribution is 0.171. The molecule has 0 saturated carbocycles. The smallest absolute Gasteiger partial charge is 0.162 e. The summed E-state index contributed by atoms with van der Waals surface area (Å²) in [5, 5.41) is 7.73. The molecule has 0 bridgehead atoms. The van der Waals surface area contributed by atoms with Crippen LogP contribution in [-0.2, 0) is 13.6 Å². The molecule has 0 atom stereocenters. The van der Waals surface area contributed by atoms with Gasteiger partial charge in [-0.25, -0.2) is 4.98 Å². The zero-order valence-corrected chi connectivity index (χ0v) is 14.3. The number of nitrogens with zero attached hydrogens (tertiary/aromatic N) is 3. The molecule has 1 N–H and O–H groups in total. The molecule has 0 amide bonds. The average Bonchev–Trinajstić information content (AvgIpc) is 2.97. The summed E-state index contributed by atoms with van der Waals surface area (Å²) in [6.45, 7) is 3.88. The molecule has 1 aliphatic heterocycles. The van der Waals surface area contributed by atoms with Crippen molar-refractivity contribution in [1.82, 2.24) is 14.8 Å². The average molecular weight is 336 g/mol. The van der Waals surface area contributed by atoms with Gasteiger partial charge in [0.05, 0.1) is 11.4 Å². The van der Waals surface area contributed by atoms with E-state index in [-0.39, 0.29) is 0 Å². The van der Waals surface area contributed by atoms with Crippen molar-refractivity contribution < 1.29 is 9.47 Å². The Morgan fingerprint density at radius 1 is 1.12 bits per heavy atom.